The molecular formula is C10H14N2O4. The SMILES string of the molecule is CCOC(=O)c1cnc(C(C)OC)[nH]c1=O. The monoisotopic (exact) mass is 226 g/mol. The molecule has 0 fully saturated rings. The van der Waals surface area contributed by atoms with Crippen molar-refractivity contribution in [3.05, 3.63) is 27.9 Å². The van der Waals surface area contributed by atoms with Crippen molar-refractivity contribution in [2.75, 3.05) is 13.7 Å². The van der Waals surface area contributed by atoms with Gasteiger partial charge in [0.1, 0.15) is 17.5 Å². The number of carbonyl (C=O) groups is 1. The van der Waals surface area contributed by atoms with Crippen molar-refractivity contribution in [2.45, 2.75) is 20.0 Å². The molecule has 6 nitrogen and oxygen atoms in total. The summed E-state index contributed by atoms with van der Waals surface area (Å²) in [4.78, 5) is 29.2. The molecule has 1 heterocycles. The van der Waals surface area contributed by atoms with E-state index >= 15 is 0 Å². The fourth-order valence-electron chi connectivity index (χ4n) is 1.08. The first-order valence-electron chi connectivity index (χ1n) is 4.89. The van der Waals surface area contributed by atoms with Gasteiger partial charge in [-0.2, -0.15) is 0 Å². The Morgan fingerprint density at radius 3 is 2.81 bits per heavy atom. The number of nitrogens with one attached hydrogen (secondary N) is 1. The van der Waals surface area contributed by atoms with Crippen LogP contribution < -0.4 is 5.56 Å². The van der Waals surface area contributed by atoms with Crippen LogP contribution >= 0.6 is 0 Å². The number of hydrogen-bond acceptors (Lipinski definition) is 5. The van der Waals surface area contributed by atoms with Gasteiger partial charge in [-0.1, -0.05) is 0 Å². The van der Waals surface area contributed by atoms with Crippen molar-refractivity contribution < 1.29 is 14.3 Å². The van der Waals surface area contributed by atoms with E-state index < -0.39 is 11.5 Å². The average Bonchev–Trinajstić information content (AvgIpc) is 2.28. The van der Waals surface area contributed by atoms with Crippen LogP contribution in [-0.2, 0) is 9.47 Å². The molecular weight excluding hydrogens is 212 g/mol. The predicted octanol–water partition coefficient (Wildman–Crippen LogP) is 0.654. The molecule has 0 spiro atoms. The molecule has 1 rings (SSSR count). The van der Waals surface area contributed by atoms with Crippen LogP contribution in [0.1, 0.15) is 36.1 Å². The highest BCUT2D eigenvalue weighted by molar-refractivity contribution is 5.88. The molecule has 1 aromatic heterocycles. The van der Waals surface area contributed by atoms with E-state index in [4.69, 9.17) is 9.47 Å². The third kappa shape index (κ3) is 2.66. The van der Waals surface area contributed by atoms with E-state index in [-0.39, 0.29) is 18.3 Å². The minimum Gasteiger partial charge on any atom is -0.462 e. The fourth-order valence-corrected chi connectivity index (χ4v) is 1.08. The van der Waals surface area contributed by atoms with E-state index in [0.29, 0.717) is 5.82 Å². The number of carbonyl (C=O) groups excluding carboxylic acids is 1. The normalized spacial score (nSPS) is 12.2. The summed E-state index contributed by atoms with van der Waals surface area (Å²) >= 11 is 0. The number of ether oxygens (including phenoxy) is 2. The first-order chi connectivity index (χ1) is 7.60. The summed E-state index contributed by atoms with van der Waals surface area (Å²) in [6.07, 6.45) is 0.866. The number of aromatic amines is 1. The van der Waals surface area contributed by atoms with Crippen molar-refractivity contribution >= 4 is 5.97 Å². The summed E-state index contributed by atoms with van der Waals surface area (Å²) < 4.78 is 9.70. The Labute approximate surface area is 92.6 Å². The van der Waals surface area contributed by atoms with Crippen LogP contribution in [0.4, 0.5) is 0 Å². The number of H-pyrrole nitrogens is 1. The average molecular weight is 226 g/mol. The van der Waals surface area contributed by atoms with E-state index in [1.807, 2.05) is 0 Å². The van der Waals surface area contributed by atoms with Crippen LogP contribution in [0.3, 0.4) is 0 Å². The molecule has 6 heteroatoms. The van der Waals surface area contributed by atoms with Gasteiger partial charge < -0.3 is 14.5 Å². The molecule has 88 valence electrons. The van der Waals surface area contributed by atoms with Gasteiger partial charge in [-0.3, -0.25) is 4.79 Å². The van der Waals surface area contributed by atoms with E-state index in [2.05, 4.69) is 9.97 Å². The first-order valence-corrected chi connectivity index (χ1v) is 4.89. The fraction of sp³-hybridized carbons (Fsp3) is 0.500. The van der Waals surface area contributed by atoms with Gasteiger partial charge in [0.25, 0.3) is 5.56 Å². The van der Waals surface area contributed by atoms with Gasteiger partial charge in [-0.05, 0) is 13.8 Å². The van der Waals surface area contributed by atoms with E-state index in [9.17, 15) is 9.59 Å². The molecule has 0 saturated carbocycles. The van der Waals surface area contributed by atoms with Gasteiger partial charge in [-0.15, -0.1) is 0 Å². The van der Waals surface area contributed by atoms with Crippen molar-refractivity contribution in [1.82, 2.24) is 9.97 Å². The number of aromatic nitrogens is 2. The second-order valence-corrected chi connectivity index (χ2v) is 3.11. The summed E-state index contributed by atoms with van der Waals surface area (Å²) in [5.41, 5.74) is -0.624. The second kappa shape index (κ2) is 5.41. The van der Waals surface area contributed by atoms with Crippen LogP contribution in [0, 0.1) is 0 Å². The number of rotatable bonds is 4. The molecule has 1 atom stereocenters. The summed E-state index contributed by atoms with van der Waals surface area (Å²) in [5.74, 6) is -0.298. The minimum absolute atomic E-state index is 0.103. The molecule has 1 aromatic rings. The predicted molar refractivity (Wildman–Crippen MR) is 56.2 cm³/mol. The van der Waals surface area contributed by atoms with Crippen LogP contribution in [0.2, 0.25) is 0 Å². The Kier molecular flexibility index (Phi) is 4.19. The molecule has 0 radical (unpaired) electrons. The highest BCUT2D eigenvalue weighted by Crippen LogP contribution is 2.08. The quantitative estimate of drug-likeness (QED) is 0.762. The van der Waals surface area contributed by atoms with Crippen LogP contribution in [-0.4, -0.2) is 29.7 Å². The lowest BCUT2D eigenvalue weighted by Crippen LogP contribution is -2.23. The minimum atomic E-state index is -0.673. The van der Waals surface area contributed by atoms with E-state index in [0.717, 1.165) is 0 Å². The maximum absolute atomic E-state index is 11.5. The maximum atomic E-state index is 11.5. The van der Waals surface area contributed by atoms with Gasteiger partial charge in [-0.25, -0.2) is 9.78 Å². The standard InChI is InChI=1S/C10H14N2O4/c1-4-16-10(14)7-5-11-8(6(2)15-3)12-9(7)13/h5-6H,4H2,1-3H3,(H,11,12,13). The number of nitrogens with zero attached hydrogens (tertiary/aromatic N) is 1. The third-order valence-electron chi connectivity index (χ3n) is 2.05. The Morgan fingerprint density at radius 1 is 1.62 bits per heavy atom. The van der Waals surface area contributed by atoms with Crippen molar-refractivity contribution in [1.29, 1.82) is 0 Å². The van der Waals surface area contributed by atoms with Gasteiger partial charge in [0.2, 0.25) is 0 Å². The van der Waals surface area contributed by atoms with Crippen LogP contribution in [0.15, 0.2) is 11.0 Å². The Bertz CT molecular complexity index is 427. The highest BCUT2D eigenvalue weighted by Gasteiger charge is 2.14. The molecule has 16 heavy (non-hydrogen) atoms. The Balaban J connectivity index is 3.00. The molecule has 0 bridgehead atoms. The lowest BCUT2D eigenvalue weighted by molar-refractivity contribution is 0.0522. The molecule has 0 aliphatic rings. The number of hydrogen-bond donors (Lipinski definition) is 1. The molecule has 0 aromatic carbocycles. The van der Waals surface area contributed by atoms with Gasteiger partial charge in [0, 0.05) is 13.3 Å². The Morgan fingerprint density at radius 2 is 2.31 bits per heavy atom. The smallest absolute Gasteiger partial charge is 0.345 e. The molecule has 0 amide bonds. The zero-order valence-corrected chi connectivity index (χ0v) is 9.44. The first kappa shape index (κ1) is 12.4. The summed E-state index contributed by atoms with van der Waals surface area (Å²) in [6.45, 7) is 3.62. The van der Waals surface area contributed by atoms with Crippen molar-refractivity contribution in [2.24, 2.45) is 0 Å². The molecule has 0 saturated heterocycles. The summed E-state index contributed by atoms with van der Waals surface area (Å²) in [7, 11) is 1.50. The van der Waals surface area contributed by atoms with Crippen molar-refractivity contribution in [3.8, 4) is 0 Å². The maximum Gasteiger partial charge on any atom is 0.345 e. The van der Waals surface area contributed by atoms with Gasteiger partial charge in [0.05, 0.1) is 6.61 Å². The molecule has 0 aliphatic carbocycles. The topological polar surface area (TPSA) is 81.3 Å². The summed E-state index contributed by atoms with van der Waals surface area (Å²) in [5, 5.41) is 0. The molecule has 0 aliphatic heterocycles. The lowest BCUT2D eigenvalue weighted by atomic mass is 10.3. The van der Waals surface area contributed by atoms with Crippen LogP contribution in [0.25, 0.3) is 0 Å². The zero-order valence-electron chi connectivity index (χ0n) is 9.44. The largest absolute Gasteiger partial charge is 0.462 e. The number of esters is 1. The number of methoxy groups -OCH3 is 1. The van der Waals surface area contributed by atoms with Crippen molar-refractivity contribution in [3.63, 3.8) is 0 Å². The van der Waals surface area contributed by atoms with Gasteiger partial charge >= 0.3 is 5.97 Å². The van der Waals surface area contributed by atoms with Crippen LogP contribution in [0.5, 0.6) is 0 Å². The molecule has 1 N–H and O–H groups in total. The third-order valence-corrected chi connectivity index (χ3v) is 2.05. The van der Waals surface area contributed by atoms with E-state index in [1.165, 1.54) is 13.3 Å². The van der Waals surface area contributed by atoms with Gasteiger partial charge in [0.15, 0.2) is 0 Å². The zero-order chi connectivity index (χ0) is 12.1. The van der Waals surface area contributed by atoms with E-state index in [1.54, 1.807) is 13.8 Å². The molecule has 1 unspecified atom stereocenters. The lowest BCUT2D eigenvalue weighted by Gasteiger charge is -2.08. The highest BCUT2D eigenvalue weighted by atomic mass is 16.5. The second-order valence-electron chi connectivity index (χ2n) is 3.11. The Hall–Kier alpha value is -1.69. The summed E-state index contributed by atoms with van der Waals surface area (Å²) in [6, 6.07) is 0.